The van der Waals surface area contributed by atoms with E-state index in [-0.39, 0.29) is 23.1 Å². The zero-order valence-electron chi connectivity index (χ0n) is 13.2. The largest absolute Gasteiger partial charge is 0.349 e. The van der Waals surface area contributed by atoms with Crippen LogP contribution >= 0.6 is 11.3 Å². The quantitative estimate of drug-likeness (QED) is 0.794. The van der Waals surface area contributed by atoms with E-state index in [4.69, 9.17) is 0 Å². The second-order valence-corrected chi connectivity index (χ2v) is 7.38. The van der Waals surface area contributed by atoms with E-state index in [1.807, 2.05) is 18.2 Å². The number of rotatable bonds is 4. The first-order chi connectivity index (χ1) is 11.6. The predicted molar refractivity (Wildman–Crippen MR) is 93.6 cm³/mol. The lowest BCUT2D eigenvalue weighted by Gasteiger charge is -2.02. The third-order valence-corrected chi connectivity index (χ3v) is 5.34. The van der Waals surface area contributed by atoms with Gasteiger partial charge in [-0.25, -0.2) is 4.98 Å². The van der Waals surface area contributed by atoms with E-state index in [0.717, 1.165) is 17.7 Å². The molecule has 6 heteroatoms. The van der Waals surface area contributed by atoms with Gasteiger partial charge in [0.2, 0.25) is 0 Å². The average molecular weight is 339 g/mol. The van der Waals surface area contributed by atoms with E-state index in [1.165, 1.54) is 27.5 Å². The summed E-state index contributed by atoms with van der Waals surface area (Å²) in [6.45, 7) is 2.08. The van der Waals surface area contributed by atoms with Crippen LogP contribution in [0.1, 0.15) is 34.1 Å². The van der Waals surface area contributed by atoms with Crippen molar-refractivity contribution < 1.29 is 4.79 Å². The first-order valence-corrected chi connectivity index (χ1v) is 8.78. The van der Waals surface area contributed by atoms with Crippen LogP contribution in [0.5, 0.6) is 0 Å². The normalized spacial score (nSPS) is 19.4. The number of aromatic nitrogens is 2. The smallest absolute Gasteiger partial charge is 0.271 e. The maximum Gasteiger partial charge on any atom is 0.271 e. The van der Waals surface area contributed by atoms with Gasteiger partial charge in [-0.1, -0.05) is 37.3 Å². The topological polar surface area (TPSA) is 63.5 Å². The van der Waals surface area contributed by atoms with Gasteiger partial charge in [0.15, 0.2) is 4.96 Å². The molecule has 0 aliphatic heterocycles. The minimum Gasteiger partial charge on any atom is -0.349 e. The van der Waals surface area contributed by atoms with Crippen molar-refractivity contribution in [1.82, 2.24) is 14.7 Å². The molecule has 0 saturated heterocycles. The van der Waals surface area contributed by atoms with Crippen LogP contribution in [0.3, 0.4) is 0 Å². The number of fused-ring (bicyclic) bond motifs is 1. The molecule has 0 radical (unpaired) electrons. The van der Waals surface area contributed by atoms with Crippen LogP contribution in [-0.2, 0) is 6.42 Å². The van der Waals surface area contributed by atoms with Crippen molar-refractivity contribution in [1.29, 1.82) is 0 Å². The van der Waals surface area contributed by atoms with Crippen molar-refractivity contribution in [3.8, 4) is 0 Å². The van der Waals surface area contributed by atoms with Gasteiger partial charge >= 0.3 is 0 Å². The van der Waals surface area contributed by atoms with Gasteiger partial charge in [0.05, 0.1) is 0 Å². The van der Waals surface area contributed by atoms with Crippen molar-refractivity contribution >= 4 is 22.2 Å². The van der Waals surface area contributed by atoms with Crippen molar-refractivity contribution in [3.63, 3.8) is 0 Å². The summed E-state index contributed by atoms with van der Waals surface area (Å²) in [5.74, 6) is 0.166. The predicted octanol–water partition coefficient (Wildman–Crippen LogP) is 2.49. The van der Waals surface area contributed by atoms with Crippen molar-refractivity contribution in [2.45, 2.75) is 25.8 Å². The number of hydrogen-bond donors (Lipinski definition) is 1. The van der Waals surface area contributed by atoms with Gasteiger partial charge in [-0.3, -0.25) is 14.0 Å². The van der Waals surface area contributed by atoms with E-state index < -0.39 is 0 Å². The molecule has 5 nitrogen and oxygen atoms in total. The van der Waals surface area contributed by atoms with E-state index in [2.05, 4.69) is 29.4 Å². The molecule has 0 bridgehead atoms. The second-order valence-electron chi connectivity index (χ2n) is 6.28. The Morgan fingerprint density at radius 2 is 2.12 bits per heavy atom. The third-order valence-electron chi connectivity index (χ3n) is 4.35. The van der Waals surface area contributed by atoms with E-state index in [1.54, 1.807) is 6.20 Å². The molecule has 0 spiro atoms. The minimum absolute atomic E-state index is 0.107. The number of carbonyl (C=O) groups excluding carboxylic acids is 1. The first-order valence-electron chi connectivity index (χ1n) is 7.96. The number of nitrogens with one attached hydrogen (secondary N) is 1. The van der Waals surface area contributed by atoms with Gasteiger partial charge in [-0.05, 0) is 17.9 Å². The average Bonchev–Trinajstić information content (AvgIpc) is 3.09. The molecule has 1 aromatic carbocycles. The second kappa shape index (κ2) is 5.87. The molecule has 1 aliphatic carbocycles. The standard InChI is InChI=1S/C18H17N3O2S/c1-11-7-15(11)20-16(22)14-9-19-18-21(17(14)23)10-13(24-18)8-12-5-3-2-4-6-12/h2-6,9-11,15H,7-8H2,1H3,(H,20,22)/t11-,15-/m1/s1. The molecule has 1 amide bonds. The van der Waals surface area contributed by atoms with Gasteiger partial charge in [-0.15, -0.1) is 11.3 Å². The van der Waals surface area contributed by atoms with Crippen molar-refractivity contribution in [2.24, 2.45) is 5.92 Å². The molecule has 2 aromatic heterocycles. The Balaban J connectivity index is 1.63. The summed E-state index contributed by atoms with van der Waals surface area (Å²) >= 11 is 1.47. The highest BCUT2D eigenvalue weighted by Crippen LogP contribution is 2.29. The number of carbonyl (C=O) groups is 1. The number of hydrogen-bond acceptors (Lipinski definition) is 4. The molecule has 1 fully saturated rings. The highest BCUT2D eigenvalue weighted by atomic mass is 32.1. The molecule has 2 atom stereocenters. The first kappa shape index (κ1) is 15.1. The monoisotopic (exact) mass is 339 g/mol. The minimum atomic E-state index is -0.327. The maximum atomic E-state index is 12.6. The van der Waals surface area contributed by atoms with Gasteiger partial charge in [0.1, 0.15) is 5.56 Å². The molecule has 24 heavy (non-hydrogen) atoms. The summed E-state index contributed by atoms with van der Waals surface area (Å²) < 4.78 is 1.48. The molecule has 4 rings (SSSR count). The number of benzene rings is 1. The molecule has 2 heterocycles. The Morgan fingerprint density at radius 1 is 1.38 bits per heavy atom. The van der Waals surface area contributed by atoms with Crippen molar-refractivity contribution in [2.75, 3.05) is 0 Å². The van der Waals surface area contributed by atoms with Crippen LogP contribution in [0.25, 0.3) is 4.96 Å². The zero-order chi connectivity index (χ0) is 16.7. The summed E-state index contributed by atoms with van der Waals surface area (Å²) in [5.41, 5.74) is 0.981. The summed E-state index contributed by atoms with van der Waals surface area (Å²) in [6, 6.07) is 10.3. The number of thiazole rings is 1. The number of amides is 1. The Hall–Kier alpha value is -2.47. The van der Waals surface area contributed by atoms with E-state index >= 15 is 0 Å². The summed E-state index contributed by atoms with van der Waals surface area (Å²) in [7, 11) is 0. The Morgan fingerprint density at radius 3 is 2.83 bits per heavy atom. The summed E-state index contributed by atoms with van der Waals surface area (Å²) in [4.78, 5) is 30.8. The van der Waals surface area contributed by atoms with Crippen LogP contribution in [0.4, 0.5) is 0 Å². The molecule has 122 valence electrons. The third kappa shape index (κ3) is 2.85. The Labute approximate surface area is 143 Å². The van der Waals surface area contributed by atoms with Crippen LogP contribution in [-0.4, -0.2) is 21.3 Å². The summed E-state index contributed by atoms with van der Waals surface area (Å²) in [5, 5.41) is 2.88. The fourth-order valence-corrected chi connectivity index (χ4v) is 3.71. The summed E-state index contributed by atoms with van der Waals surface area (Å²) in [6.07, 6.45) is 4.90. The zero-order valence-corrected chi connectivity index (χ0v) is 14.0. The Bertz CT molecular complexity index is 961. The van der Waals surface area contributed by atoms with E-state index in [9.17, 15) is 9.59 Å². The highest BCUT2D eigenvalue weighted by Gasteiger charge is 2.34. The van der Waals surface area contributed by atoms with Gasteiger partial charge in [0, 0.05) is 29.7 Å². The molecule has 1 aliphatic rings. The molecular formula is C18H17N3O2S. The van der Waals surface area contributed by atoms with Gasteiger partial charge < -0.3 is 5.32 Å². The maximum absolute atomic E-state index is 12.6. The lowest BCUT2D eigenvalue weighted by Crippen LogP contribution is -2.33. The molecular weight excluding hydrogens is 322 g/mol. The van der Waals surface area contributed by atoms with Crippen LogP contribution in [0, 0.1) is 5.92 Å². The molecule has 0 unspecified atom stereocenters. The molecule has 1 N–H and O–H groups in total. The fraction of sp³-hybridized carbons (Fsp3) is 0.278. The fourth-order valence-electron chi connectivity index (χ4n) is 2.73. The molecule has 1 saturated carbocycles. The highest BCUT2D eigenvalue weighted by molar-refractivity contribution is 7.17. The lowest BCUT2D eigenvalue weighted by molar-refractivity contribution is 0.0947. The van der Waals surface area contributed by atoms with Crippen LogP contribution < -0.4 is 10.9 Å². The van der Waals surface area contributed by atoms with Gasteiger partial charge in [-0.2, -0.15) is 0 Å². The Kier molecular flexibility index (Phi) is 3.69. The van der Waals surface area contributed by atoms with Gasteiger partial charge in [0.25, 0.3) is 11.5 Å². The van der Waals surface area contributed by atoms with Crippen molar-refractivity contribution in [3.05, 3.63) is 69.1 Å². The lowest BCUT2D eigenvalue weighted by atomic mass is 10.1. The molecule has 3 aromatic rings. The van der Waals surface area contributed by atoms with E-state index in [0.29, 0.717) is 10.9 Å². The van der Waals surface area contributed by atoms with Crippen LogP contribution in [0.15, 0.2) is 47.5 Å². The van der Waals surface area contributed by atoms with Crippen LogP contribution in [0.2, 0.25) is 0 Å². The SMILES string of the molecule is C[C@@H]1C[C@H]1NC(=O)c1cnc2sc(Cc3ccccc3)cn2c1=O. The number of nitrogens with zero attached hydrogens (tertiary/aromatic N) is 2.